The zero-order valence-corrected chi connectivity index (χ0v) is 24.5. The van der Waals surface area contributed by atoms with E-state index in [9.17, 15) is 27.6 Å². The molecule has 0 bridgehead atoms. The van der Waals surface area contributed by atoms with Gasteiger partial charge in [0.15, 0.2) is 0 Å². The summed E-state index contributed by atoms with van der Waals surface area (Å²) in [7, 11) is 2.96. The Bertz CT molecular complexity index is 1090. The molecule has 0 radical (unpaired) electrons. The first-order valence-electron chi connectivity index (χ1n) is 13.9. The van der Waals surface area contributed by atoms with Gasteiger partial charge in [-0.25, -0.2) is 4.98 Å². The van der Waals surface area contributed by atoms with Gasteiger partial charge >= 0.3 is 6.18 Å². The fourth-order valence-electron chi connectivity index (χ4n) is 3.98. The largest absolute Gasteiger partial charge is 0.389 e. The third-order valence-electron chi connectivity index (χ3n) is 6.11. The van der Waals surface area contributed by atoms with Crippen LogP contribution in [-0.4, -0.2) is 58.9 Å². The fourth-order valence-corrected chi connectivity index (χ4v) is 3.98. The van der Waals surface area contributed by atoms with Gasteiger partial charge in [0.05, 0.1) is 25.6 Å². The van der Waals surface area contributed by atoms with Crippen molar-refractivity contribution in [1.29, 1.82) is 0 Å². The quantitative estimate of drug-likeness (QED) is 0.327. The van der Waals surface area contributed by atoms with Crippen LogP contribution >= 0.6 is 0 Å². The Morgan fingerprint density at radius 1 is 1.12 bits per heavy atom. The molecule has 236 valence electrons. The lowest BCUT2D eigenvalue weighted by Gasteiger charge is -2.19. The number of rotatable bonds is 10. The molecular weight excluding hydrogens is 541 g/mol. The molecular formula is C28H49F3N6O4. The van der Waals surface area contributed by atoms with Crippen molar-refractivity contribution >= 4 is 23.5 Å². The van der Waals surface area contributed by atoms with Crippen molar-refractivity contribution in [3.05, 3.63) is 41.9 Å². The molecule has 13 heteroatoms. The number of ether oxygens (including phenoxy) is 1. The third-order valence-corrected chi connectivity index (χ3v) is 6.11. The van der Waals surface area contributed by atoms with Gasteiger partial charge in [0.2, 0.25) is 11.8 Å². The van der Waals surface area contributed by atoms with Gasteiger partial charge in [0.1, 0.15) is 11.5 Å². The van der Waals surface area contributed by atoms with Gasteiger partial charge in [0, 0.05) is 37.3 Å². The Kier molecular flexibility index (Phi) is 16.3. The summed E-state index contributed by atoms with van der Waals surface area (Å²) in [5.41, 5.74) is 0.748. The summed E-state index contributed by atoms with van der Waals surface area (Å²) >= 11 is 0. The van der Waals surface area contributed by atoms with E-state index in [1.807, 2.05) is 13.8 Å². The second-order valence-corrected chi connectivity index (χ2v) is 9.48. The molecule has 1 fully saturated rings. The Morgan fingerprint density at radius 3 is 2.34 bits per heavy atom. The molecule has 1 aliphatic carbocycles. The van der Waals surface area contributed by atoms with Crippen LogP contribution in [0.2, 0.25) is 0 Å². The standard InChI is InChI=1S/C19H23F3N6O4.C7H14.C2H6.3H2/c1-28-14(5-8-25-28)18(31)24-10-17(30)27-15-9-12(4-7-23-15)13(11-32-2)26-16(29)3-6-19(20,21)22;1-7-5-3-2-4-6-7;1-2;;;/h4-5,7-9,13H,3,6,10-11H2,1-2H3,(H,24,31)(H,26,29)(H,23,27,30);7H,2-6H2,1H3;1-2H3;3*1H. The maximum absolute atomic E-state index is 12.3. The number of alkyl halides is 3. The van der Waals surface area contributed by atoms with Crippen molar-refractivity contribution < 1.29 is 36.6 Å². The van der Waals surface area contributed by atoms with E-state index in [1.54, 1.807) is 7.05 Å². The van der Waals surface area contributed by atoms with Gasteiger partial charge in [-0.2, -0.15) is 18.3 Å². The molecule has 3 N–H and O–H groups in total. The van der Waals surface area contributed by atoms with Crippen LogP contribution in [-0.2, 0) is 21.4 Å². The molecule has 0 aliphatic heterocycles. The van der Waals surface area contributed by atoms with E-state index in [2.05, 4.69) is 33.0 Å². The van der Waals surface area contributed by atoms with Gasteiger partial charge in [0.25, 0.3) is 5.91 Å². The number of aromatic nitrogens is 3. The average Bonchev–Trinajstić information content (AvgIpc) is 3.38. The number of methoxy groups -OCH3 is 1. The lowest BCUT2D eigenvalue weighted by molar-refractivity contribution is -0.144. The summed E-state index contributed by atoms with van der Waals surface area (Å²) in [6, 6.07) is 3.74. The lowest BCUT2D eigenvalue weighted by Crippen LogP contribution is -2.34. The number of hydrogen-bond acceptors (Lipinski definition) is 6. The van der Waals surface area contributed by atoms with Crippen LogP contribution in [0.1, 0.15) is 92.1 Å². The highest BCUT2D eigenvalue weighted by molar-refractivity contribution is 5.98. The van der Waals surface area contributed by atoms with Crippen molar-refractivity contribution in [3.8, 4) is 0 Å². The average molecular weight is 591 g/mol. The molecule has 1 saturated carbocycles. The Hall–Kier alpha value is -3.48. The number of carbonyl (C=O) groups is 3. The third kappa shape index (κ3) is 14.6. The topological polar surface area (TPSA) is 127 Å². The number of nitrogens with one attached hydrogen (secondary N) is 3. The number of amides is 3. The number of aryl methyl sites for hydroxylation is 1. The molecule has 41 heavy (non-hydrogen) atoms. The first-order valence-corrected chi connectivity index (χ1v) is 13.9. The van der Waals surface area contributed by atoms with Gasteiger partial charge in [-0.3, -0.25) is 19.1 Å². The predicted octanol–water partition coefficient (Wildman–Crippen LogP) is 5.68. The van der Waals surface area contributed by atoms with Crippen molar-refractivity contribution in [2.75, 3.05) is 25.6 Å². The summed E-state index contributed by atoms with van der Waals surface area (Å²) in [6.45, 7) is 6.03. The Morgan fingerprint density at radius 2 is 1.80 bits per heavy atom. The highest BCUT2D eigenvalue weighted by Gasteiger charge is 2.28. The first-order chi connectivity index (χ1) is 19.5. The summed E-state index contributed by atoms with van der Waals surface area (Å²) in [6.07, 6.45) is 3.86. The van der Waals surface area contributed by atoms with E-state index in [0.29, 0.717) is 5.56 Å². The van der Waals surface area contributed by atoms with Crippen molar-refractivity contribution in [3.63, 3.8) is 0 Å². The zero-order chi connectivity index (χ0) is 30.8. The van der Waals surface area contributed by atoms with Crippen LogP contribution in [0.5, 0.6) is 0 Å². The summed E-state index contributed by atoms with van der Waals surface area (Å²) in [4.78, 5) is 40.1. The minimum atomic E-state index is -4.44. The first kappa shape index (κ1) is 35.5. The van der Waals surface area contributed by atoms with Crippen LogP contribution in [0, 0.1) is 5.92 Å². The smallest absolute Gasteiger partial charge is 0.382 e. The van der Waals surface area contributed by atoms with Gasteiger partial charge < -0.3 is 20.7 Å². The van der Waals surface area contributed by atoms with Crippen molar-refractivity contribution in [2.45, 2.75) is 77.9 Å². The van der Waals surface area contributed by atoms with Crippen LogP contribution in [0.4, 0.5) is 19.0 Å². The molecule has 1 unspecified atom stereocenters. The molecule has 1 atom stereocenters. The number of nitrogens with zero attached hydrogens (tertiary/aromatic N) is 3. The monoisotopic (exact) mass is 590 g/mol. The Labute approximate surface area is 244 Å². The number of hydrogen-bond donors (Lipinski definition) is 3. The van der Waals surface area contributed by atoms with Crippen molar-refractivity contribution in [2.24, 2.45) is 13.0 Å². The van der Waals surface area contributed by atoms with E-state index in [1.165, 1.54) is 74.5 Å². The summed E-state index contributed by atoms with van der Waals surface area (Å²) in [5, 5.41) is 11.3. The zero-order valence-electron chi connectivity index (χ0n) is 24.5. The van der Waals surface area contributed by atoms with Crippen LogP contribution in [0.25, 0.3) is 0 Å². The highest BCUT2D eigenvalue weighted by atomic mass is 19.4. The molecule has 2 heterocycles. The molecule has 3 rings (SSSR count). The molecule has 3 amide bonds. The fraction of sp³-hybridized carbons (Fsp3) is 0.607. The Balaban J connectivity index is -0.00000121. The minimum Gasteiger partial charge on any atom is -0.382 e. The maximum atomic E-state index is 12.3. The maximum Gasteiger partial charge on any atom is 0.389 e. The van der Waals surface area contributed by atoms with E-state index in [-0.39, 0.29) is 28.9 Å². The lowest BCUT2D eigenvalue weighted by atomic mass is 9.91. The highest BCUT2D eigenvalue weighted by Crippen LogP contribution is 2.23. The van der Waals surface area contributed by atoms with E-state index >= 15 is 0 Å². The van der Waals surface area contributed by atoms with Crippen LogP contribution < -0.4 is 16.0 Å². The SMILES string of the molecule is CC.CC1CCCCC1.COCC(NC(=O)CCC(F)(F)F)c1ccnc(NC(=O)CNC(=O)c2ccnn2C)c1.[HH].[HH].[HH]. The molecule has 2 aromatic rings. The van der Waals surface area contributed by atoms with Gasteiger partial charge in [-0.1, -0.05) is 52.9 Å². The second-order valence-electron chi connectivity index (χ2n) is 9.48. The second kappa shape index (κ2) is 18.8. The van der Waals surface area contributed by atoms with E-state index in [0.717, 1.165) is 5.92 Å². The van der Waals surface area contributed by atoms with Crippen LogP contribution in [0.3, 0.4) is 0 Å². The number of anilines is 1. The van der Waals surface area contributed by atoms with Crippen LogP contribution in [0.15, 0.2) is 30.6 Å². The number of carbonyl (C=O) groups excluding carboxylic acids is 3. The molecule has 2 aromatic heterocycles. The molecule has 0 aromatic carbocycles. The minimum absolute atomic E-state index is 0. The summed E-state index contributed by atoms with van der Waals surface area (Å²) < 4.78 is 43.4. The molecule has 10 nitrogen and oxygen atoms in total. The number of halogens is 3. The van der Waals surface area contributed by atoms with Crippen molar-refractivity contribution in [1.82, 2.24) is 25.4 Å². The van der Waals surface area contributed by atoms with Gasteiger partial charge in [-0.15, -0.1) is 0 Å². The number of pyridine rings is 1. The van der Waals surface area contributed by atoms with E-state index in [4.69, 9.17) is 4.74 Å². The molecule has 1 aliphatic rings. The summed E-state index contributed by atoms with van der Waals surface area (Å²) in [5.74, 6) is -0.655. The predicted molar refractivity (Wildman–Crippen MR) is 156 cm³/mol. The van der Waals surface area contributed by atoms with E-state index < -0.39 is 42.8 Å². The molecule has 0 spiro atoms. The molecule has 0 saturated heterocycles. The van der Waals surface area contributed by atoms with Gasteiger partial charge in [-0.05, 0) is 29.7 Å². The normalized spacial score (nSPS) is 14.0.